The summed E-state index contributed by atoms with van der Waals surface area (Å²) in [5, 5.41) is 11.9. The van der Waals surface area contributed by atoms with E-state index < -0.39 is 5.97 Å². The zero-order valence-corrected chi connectivity index (χ0v) is 14.2. The van der Waals surface area contributed by atoms with E-state index in [2.05, 4.69) is 15.3 Å². The van der Waals surface area contributed by atoms with Crippen LogP contribution in [0.3, 0.4) is 0 Å². The number of carbonyl (C=O) groups excluding carboxylic acids is 1. The van der Waals surface area contributed by atoms with E-state index in [1.165, 1.54) is 0 Å². The van der Waals surface area contributed by atoms with Gasteiger partial charge in [0.05, 0.1) is 23.6 Å². The summed E-state index contributed by atoms with van der Waals surface area (Å²) in [5.74, 6) is -0.0317. The van der Waals surface area contributed by atoms with Gasteiger partial charge in [-0.25, -0.2) is 4.98 Å². The smallest absolute Gasteiger partial charge is 0.317 e. The third-order valence-corrected chi connectivity index (χ3v) is 4.58. The maximum atomic E-state index is 12.4. The molecule has 7 heteroatoms. The highest BCUT2D eigenvalue weighted by molar-refractivity contribution is 5.82. The molecule has 0 spiro atoms. The van der Waals surface area contributed by atoms with E-state index in [0.717, 1.165) is 49.0 Å². The number of hydrogen-bond donors (Lipinski definition) is 3. The molecule has 0 radical (unpaired) electrons. The van der Waals surface area contributed by atoms with Crippen molar-refractivity contribution in [3.63, 3.8) is 0 Å². The first-order chi connectivity index (χ1) is 12.1. The molecule has 2 aromatic rings. The minimum absolute atomic E-state index is 0.0643. The number of rotatable bonds is 7. The number of piperidine rings is 1. The highest BCUT2D eigenvalue weighted by atomic mass is 16.4. The lowest BCUT2D eigenvalue weighted by Crippen LogP contribution is -2.51. The predicted octanol–water partition coefficient (Wildman–Crippen LogP) is 1.55. The molecule has 25 heavy (non-hydrogen) atoms. The number of carboxylic acid groups (broad SMARTS) is 1. The van der Waals surface area contributed by atoms with Crippen molar-refractivity contribution in [2.45, 2.75) is 38.1 Å². The minimum atomic E-state index is -0.885. The van der Waals surface area contributed by atoms with E-state index in [0.29, 0.717) is 13.1 Å². The number of aryl methyl sites for hydroxylation is 1. The number of carboxylic acids is 1. The number of carbonyl (C=O) groups is 2. The Labute approximate surface area is 146 Å². The molecule has 3 N–H and O–H groups in total. The third kappa shape index (κ3) is 4.57. The van der Waals surface area contributed by atoms with Crippen LogP contribution < -0.4 is 5.32 Å². The standard InChI is InChI=1S/C18H24N4O3/c23-17(24)12-22-11-4-3-8-15(22)18(25)19-10-5-9-16-20-13-6-1-2-7-14(13)21-16/h1-2,6-7,15H,3-5,8-12H2,(H,19,25)(H,20,21)(H,23,24). The number of nitrogens with zero attached hydrogens (tertiary/aromatic N) is 2. The van der Waals surface area contributed by atoms with E-state index in [4.69, 9.17) is 5.11 Å². The van der Waals surface area contributed by atoms with Gasteiger partial charge in [0.2, 0.25) is 5.91 Å². The van der Waals surface area contributed by atoms with E-state index in [-0.39, 0.29) is 18.5 Å². The van der Waals surface area contributed by atoms with Crippen molar-refractivity contribution in [1.82, 2.24) is 20.2 Å². The van der Waals surface area contributed by atoms with E-state index in [1.807, 2.05) is 24.3 Å². The molecule has 1 fully saturated rings. The predicted molar refractivity (Wildman–Crippen MR) is 94.3 cm³/mol. The number of para-hydroxylation sites is 2. The maximum absolute atomic E-state index is 12.4. The molecule has 1 amide bonds. The minimum Gasteiger partial charge on any atom is -0.480 e. The Hall–Kier alpha value is -2.41. The van der Waals surface area contributed by atoms with Crippen LogP contribution in [-0.2, 0) is 16.0 Å². The summed E-state index contributed by atoms with van der Waals surface area (Å²) in [6.45, 7) is 1.16. The highest BCUT2D eigenvalue weighted by Gasteiger charge is 2.29. The van der Waals surface area contributed by atoms with Crippen LogP contribution in [0.25, 0.3) is 11.0 Å². The van der Waals surface area contributed by atoms with Crippen molar-refractivity contribution in [3.8, 4) is 0 Å². The second-order valence-electron chi connectivity index (χ2n) is 6.47. The van der Waals surface area contributed by atoms with Crippen LogP contribution in [0, 0.1) is 0 Å². The molecule has 1 aromatic carbocycles. The molecule has 0 saturated carbocycles. The van der Waals surface area contributed by atoms with Gasteiger partial charge < -0.3 is 15.4 Å². The fourth-order valence-corrected chi connectivity index (χ4v) is 3.36. The third-order valence-electron chi connectivity index (χ3n) is 4.58. The molecule has 0 bridgehead atoms. The second kappa shape index (κ2) is 8.11. The lowest BCUT2D eigenvalue weighted by atomic mass is 10.0. The molecule has 7 nitrogen and oxygen atoms in total. The summed E-state index contributed by atoms with van der Waals surface area (Å²) < 4.78 is 0. The zero-order valence-electron chi connectivity index (χ0n) is 14.2. The number of benzene rings is 1. The number of H-pyrrole nitrogens is 1. The molecule has 1 unspecified atom stereocenters. The summed E-state index contributed by atoms with van der Waals surface area (Å²) >= 11 is 0. The van der Waals surface area contributed by atoms with Crippen molar-refractivity contribution < 1.29 is 14.7 Å². The van der Waals surface area contributed by atoms with Gasteiger partial charge in [-0.15, -0.1) is 0 Å². The number of nitrogens with one attached hydrogen (secondary N) is 2. The summed E-state index contributed by atoms with van der Waals surface area (Å²) in [6, 6.07) is 7.57. The van der Waals surface area contributed by atoms with Crippen LogP contribution in [0.5, 0.6) is 0 Å². The quantitative estimate of drug-likeness (QED) is 0.662. The Kier molecular flexibility index (Phi) is 5.65. The van der Waals surface area contributed by atoms with Gasteiger partial charge in [-0.1, -0.05) is 18.6 Å². The van der Waals surface area contributed by atoms with Crippen LogP contribution in [0.1, 0.15) is 31.5 Å². The van der Waals surface area contributed by atoms with Crippen molar-refractivity contribution >= 4 is 22.9 Å². The van der Waals surface area contributed by atoms with Crippen LogP contribution in [0.2, 0.25) is 0 Å². The molecule has 1 aromatic heterocycles. The number of likely N-dealkylation sites (tertiary alicyclic amines) is 1. The first-order valence-electron chi connectivity index (χ1n) is 8.80. The molecule has 1 aliphatic rings. The number of fused-ring (bicyclic) bond motifs is 1. The van der Waals surface area contributed by atoms with Crippen molar-refractivity contribution in [2.24, 2.45) is 0 Å². The second-order valence-corrected chi connectivity index (χ2v) is 6.47. The normalized spacial score (nSPS) is 18.3. The van der Waals surface area contributed by atoms with E-state index in [9.17, 15) is 9.59 Å². The van der Waals surface area contributed by atoms with Gasteiger partial charge in [-0.3, -0.25) is 14.5 Å². The number of amides is 1. The Bertz CT molecular complexity index is 710. The van der Waals surface area contributed by atoms with Gasteiger partial charge in [0.1, 0.15) is 5.82 Å². The number of imidazole rings is 1. The Morgan fingerprint density at radius 1 is 1.32 bits per heavy atom. The Morgan fingerprint density at radius 2 is 2.16 bits per heavy atom. The molecular formula is C18H24N4O3. The largest absolute Gasteiger partial charge is 0.480 e. The average molecular weight is 344 g/mol. The monoisotopic (exact) mass is 344 g/mol. The van der Waals surface area contributed by atoms with Crippen LogP contribution in [0.15, 0.2) is 24.3 Å². The van der Waals surface area contributed by atoms with Crippen LogP contribution >= 0.6 is 0 Å². The molecule has 1 atom stereocenters. The molecule has 134 valence electrons. The molecule has 1 saturated heterocycles. The molecule has 0 aliphatic carbocycles. The van der Waals surface area contributed by atoms with Crippen molar-refractivity contribution in [2.75, 3.05) is 19.6 Å². The Balaban J connectivity index is 1.45. The maximum Gasteiger partial charge on any atom is 0.317 e. The van der Waals surface area contributed by atoms with Gasteiger partial charge in [0, 0.05) is 13.0 Å². The summed E-state index contributed by atoms with van der Waals surface area (Å²) in [5.41, 5.74) is 1.97. The van der Waals surface area contributed by atoms with Gasteiger partial charge in [-0.05, 0) is 37.9 Å². The van der Waals surface area contributed by atoms with E-state index >= 15 is 0 Å². The van der Waals surface area contributed by atoms with Gasteiger partial charge in [0.15, 0.2) is 0 Å². The van der Waals surface area contributed by atoms with Crippen molar-refractivity contribution in [1.29, 1.82) is 0 Å². The molecule has 2 heterocycles. The van der Waals surface area contributed by atoms with Crippen LogP contribution in [-0.4, -0.2) is 57.5 Å². The molecular weight excluding hydrogens is 320 g/mol. The number of aromatic nitrogens is 2. The first-order valence-corrected chi connectivity index (χ1v) is 8.80. The topological polar surface area (TPSA) is 98.3 Å². The SMILES string of the molecule is O=C(O)CN1CCCCC1C(=O)NCCCc1nc2ccccc2[nH]1. The molecule has 3 rings (SSSR count). The number of aliphatic carboxylic acids is 1. The zero-order chi connectivity index (χ0) is 17.6. The summed E-state index contributed by atoms with van der Waals surface area (Å²) in [6.07, 6.45) is 4.19. The Morgan fingerprint density at radius 3 is 2.96 bits per heavy atom. The highest BCUT2D eigenvalue weighted by Crippen LogP contribution is 2.17. The number of hydrogen-bond acceptors (Lipinski definition) is 4. The summed E-state index contributed by atoms with van der Waals surface area (Å²) in [7, 11) is 0. The fourth-order valence-electron chi connectivity index (χ4n) is 3.36. The average Bonchev–Trinajstić information content (AvgIpc) is 3.01. The molecule has 1 aliphatic heterocycles. The first kappa shape index (κ1) is 17.4. The fraction of sp³-hybridized carbons (Fsp3) is 0.500. The number of aromatic amines is 1. The van der Waals surface area contributed by atoms with Gasteiger partial charge in [0.25, 0.3) is 0 Å². The van der Waals surface area contributed by atoms with Crippen molar-refractivity contribution in [3.05, 3.63) is 30.1 Å². The van der Waals surface area contributed by atoms with Gasteiger partial charge >= 0.3 is 5.97 Å². The summed E-state index contributed by atoms with van der Waals surface area (Å²) in [4.78, 5) is 32.9. The lowest BCUT2D eigenvalue weighted by Gasteiger charge is -2.33. The lowest BCUT2D eigenvalue weighted by molar-refractivity contribution is -0.140. The van der Waals surface area contributed by atoms with E-state index in [1.54, 1.807) is 4.90 Å². The van der Waals surface area contributed by atoms with Gasteiger partial charge in [-0.2, -0.15) is 0 Å². The van der Waals surface area contributed by atoms with Crippen LogP contribution in [0.4, 0.5) is 0 Å².